The minimum Gasteiger partial charge on any atom is -0.356 e. The minimum absolute atomic E-state index is 0.816. The molecular formula is C16H26N4. The van der Waals surface area contributed by atoms with Crippen molar-refractivity contribution in [3.63, 3.8) is 0 Å². The second kappa shape index (κ2) is 6.53. The highest BCUT2D eigenvalue weighted by Crippen LogP contribution is 2.30. The predicted octanol–water partition coefficient (Wildman–Crippen LogP) is 2.31. The third kappa shape index (κ3) is 2.95. The maximum absolute atomic E-state index is 5.68. The molecule has 0 bridgehead atoms. The number of nitrogens with two attached hydrogens (primary N) is 1. The number of anilines is 1. The molecular weight excluding hydrogens is 248 g/mol. The summed E-state index contributed by atoms with van der Waals surface area (Å²) in [5.74, 6) is 2.04. The van der Waals surface area contributed by atoms with E-state index in [2.05, 4.69) is 14.9 Å². The van der Waals surface area contributed by atoms with E-state index in [4.69, 9.17) is 5.73 Å². The van der Waals surface area contributed by atoms with Crippen LogP contribution in [0.5, 0.6) is 0 Å². The molecule has 0 unspecified atom stereocenters. The Balaban J connectivity index is 1.74. The van der Waals surface area contributed by atoms with Gasteiger partial charge in [0, 0.05) is 24.3 Å². The summed E-state index contributed by atoms with van der Waals surface area (Å²) in [6.07, 6.45) is 11.7. The van der Waals surface area contributed by atoms with Crippen LogP contribution in [0.4, 0.5) is 5.82 Å². The average molecular weight is 274 g/mol. The van der Waals surface area contributed by atoms with Gasteiger partial charge in [-0.1, -0.05) is 6.42 Å². The lowest BCUT2D eigenvalue weighted by atomic mass is 9.93. The molecule has 0 radical (unpaired) electrons. The molecule has 2 aliphatic rings. The van der Waals surface area contributed by atoms with Crippen molar-refractivity contribution >= 4 is 5.82 Å². The molecule has 2 N–H and O–H groups in total. The van der Waals surface area contributed by atoms with Gasteiger partial charge in [0.2, 0.25) is 0 Å². The lowest BCUT2D eigenvalue weighted by Crippen LogP contribution is -2.35. The van der Waals surface area contributed by atoms with Gasteiger partial charge in [0.1, 0.15) is 12.1 Å². The van der Waals surface area contributed by atoms with Crippen LogP contribution < -0.4 is 10.6 Å². The summed E-state index contributed by atoms with van der Waals surface area (Å²) >= 11 is 0. The molecule has 110 valence electrons. The molecule has 0 atom stereocenters. The number of hydrogen-bond donors (Lipinski definition) is 1. The maximum Gasteiger partial charge on any atom is 0.135 e. The molecule has 0 amide bonds. The van der Waals surface area contributed by atoms with E-state index in [1.807, 2.05) is 0 Å². The first-order valence-corrected chi connectivity index (χ1v) is 8.16. The van der Waals surface area contributed by atoms with Crippen LogP contribution in [-0.2, 0) is 12.8 Å². The monoisotopic (exact) mass is 274 g/mol. The van der Waals surface area contributed by atoms with Gasteiger partial charge in [0.05, 0.1) is 0 Å². The Labute approximate surface area is 121 Å². The summed E-state index contributed by atoms with van der Waals surface area (Å²) in [7, 11) is 0. The zero-order valence-electron chi connectivity index (χ0n) is 12.4. The second-order valence-corrected chi connectivity index (χ2v) is 6.19. The summed E-state index contributed by atoms with van der Waals surface area (Å²) in [4.78, 5) is 11.6. The fourth-order valence-corrected chi connectivity index (χ4v) is 3.62. The van der Waals surface area contributed by atoms with E-state index < -0.39 is 0 Å². The van der Waals surface area contributed by atoms with E-state index in [-0.39, 0.29) is 0 Å². The highest BCUT2D eigenvalue weighted by atomic mass is 15.2. The normalized spacial score (nSPS) is 20.6. The van der Waals surface area contributed by atoms with Crippen LogP contribution in [0.3, 0.4) is 0 Å². The van der Waals surface area contributed by atoms with Crippen LogP contribution in [0.15, 0.2) is 6.33 Å². The number of nitrogens with zero attached hydrogens (tertiary/aromatic N) is 3. The highest BCUT2D eigenvalue weighted by Gasteiger charge is 2.23. The second-order valence-electron chi connectivity index (χ2n) is 6.19. The minimum atomic E-state index is 0.816. The lowest BCUT2D eigenvalue weighted by Gasteiger charge is -2.34. The van der Waals surface area contributed by atoms with Gasteiger partial charge < -0.3 is 10.6 Å². The van der Waals surface area contributed by atoms with E-state index in [1.165, 1.54) is 55.6 Å². The van der Waals surface area contributed by atoms with Crippen molar-refractivity contribution in [2.45, 2.75) is 51.4 Å². The van der Waals surface area contributed by atoms with Gasteiger partial charge in [-0.2, -0.15) is 0 Å². The predicted molar refractivity (Wildman–Crippen MR) is 81.9 cm³/mol. The van der Waals surface area contributed by atoms with Crippen molar-refractivity contribution in [1.29, 1.82) is 0 Å². The van der Waals surface area contributed by atoms with Crippen LogP contribution in [0.25, 0.3) is 0 Å². The molecule has 0 aromatic carbocycles. The number of hydrogen-bond acceptors (Lipinski definition) is 4. The third-order valence-electron chi connectivity index (χ3n) is 4.84. The van der Waals surface area contributed by atoms with Crippen molar-refractivity contribution in [3.05, 3.63) is 17.6 Å². The van der Waals surface area contributed by atoms with E-state index in [9.17, 15) is 0 Å². The Kier molecular flexibility index (Phi) is 4.51. The van der Waals surface area contributed by atoms with Crippen molar-refractivity contribution in [2.24, 2.45) is 11.7 Å². The Hall–Kier alpha value is -1.16. The number of aryl methyl sites for hydroxylation is 1. The third-order valence-corrected chi connectivity index (χ3v) is 4.84. The number of piperidine rings is 1. The van der Waals surface area contributed by atoms with Gasteiger partial charge >= 0.3 is 0 Å². The Morgan fingerprint density at radius 3 is 2.70 bits per heavy atom. The van der Waals surface area contributed by atoms with Crippen molar-refractivity contribution in [1.82, 2.24) is 9.97 Å². The summed E-state index contributed by atoms with van der Waals surface area (Å²) in [6, 6.07) is 0. The van der Waals surface area contributed by atoms with Crippen molar-refractivity contribution in [3.8, 4) is 0 Å². The number of fused-ring (bicyclic) bond motifs is 1. The molecule has 1 aromatic heterocycles. The number of rotatable bonds is 3. The first-order valence-electron chi connectivity index (χ1n) is 8.16. The SMILES string of the molecule is NCCC1CCN(c2ncnc3c2CCCCC3)CC1. The van der Waals surface area contributed by atoms with Gasteiger partial charge in [0.15, 0.2) is 0 Å². The van der Waals surface area contributed by atoms with Crippen LogP contribution in [0, 0.1) is 5.92 Å². The molecule has 4 heteroatoms. The molecule has 4 nitrogen and oxygen atoms in total. The fraction of sp³-hybridized carbons (Fsp3) is 0.750. The van der Waals surface area contributed by atoms with E-state index in [0.717, 1.165) is 38.4 Å². The van der Waals surface area contributed by atoms with Crippen LogP contribution >= 0.6 is 0 Å². The number of aromatic nitrogens is 2. The van der Waals surface area contributed by atoms with Crippen molar-refractivity contribution < 1.29 is 0 Å². The molecule has 2 heterocycles. The maximum atomic E-state index is 5.68. The Morgan fingerprint density at radius 2 is 1.90 bits per heavy atom. The van der Waals surface area contributed by atoms with E-state index >= 15 is 0 Å². The smallest absolute Gasteiger partial charge is 0.135 e. The first kappa shape index (κ1) is 13.8. The summed E-state index contributed by atoms with van der Waals surface area (Å²) < 4.78 is 0. The fourth-order valence-electron chi connectivity index (χ4n) is 3.62. The topological polar surface area (TPSA) is 55.0 Å². The van der Waals surface area contributed by atoms with Gasteiger partial charge in [-0.15, -0.1) is 0 Å². The largest absolute Gasteiger partial charge is 0.356 e. The van der Waals surface area contributed by atoms with Gasteiger partial charge in [0.25, 0.3) is 0 Å². The molecule has 1 aliphatic carbocycles. The molecule has 1 saturated heterocycles. The highest BCUT2D eigenvalue weighted by molar-refractivity contribution is 5.49. The molecule has 20 heavy (non-hydrogen) atoms. The summed E-state index contributed by atoms with van der Waals surface area (Å²) in [5, 5.41) is 0. The molecule has 3 rings (SSSR count). The van der Waals surface area contributed by atoms with E-state index in [1.54, 1.807) is 6.33 Å². The van der Waals surface area contributed by atoms with Crippen LogP contribution in [0.2, 0.25) is 0 Å². The van der Waals surface area contributed by atoms with Crippen LogP contribution in [0.1, 0.15) is 49.8 Å². The van der Waals surface area contributed by atoms with Gasteiger partial charge in [-0.05, 0) is 57.4 Å². The van der Waals surface area contributed by atoms with Gasteiger partial charge in [-0.3, -0.25) is 0 Å². The average Bonchev–Trinajstić information content (AvgIpc) is 2.73. The van der Waals surface area contributed by atoms with E-state index in [0.29, 0.717) is 0 Å². The van der Waals surface area contributed by atoms with Gasteiger partial charge in [-0.25, -0.2) is 9.97 Å². The quantitative estimate of drug-likeness (QED) is 0.859. The molecule has 0 spiro atoms. The molecule has 1 aromatic rings. The zero-order valence-corrected chi connectivity index (χ0v) is 12.4. The Bertz CT molecular complexity index is 438. The summed E-state index contributed by atoms with van der Waals surface area (Å²) in [5.41, 5.74) is 8.41. The molecule has 1 aliphatic heterocycles. The lowest BCUT2D eigenvalue weighted by molar-refractivity contribution is 0.384. The molecule has 1 fully saturated rings. The molecule has 0 saturated carbocycles. The standard InChI is InChI=1S/C16H26N4/c17-9-6-13-7-10-20(11-8-13)16-14-4-2-1-3-5-15(14)18-12-19-16/h12-13H,1-11,17H2. The first-order chi connectivity index (χ1) is 9.88. The van der Waals surface area contributed by atoms with Crippen LogP contribution in [-0.4, -0.2) is 29.6 Å². The zero-order chi connectivity index (χ0) is 13.8. The summed E-state index contributed by atoms with van der Waals surface area (Å²) in [6.45, 7) is 3.09. The Morgan fingerprint density at radius 1 is 1.10 bits per heavy atom. The van der Waals surface area contributed by atoms with Crippen molar-refractivity contribution in [2.75, 3.05) is 24.5 Å².